The van der Waals surface area contributed by atoms with Gasteiger partial charge in [-0.2, -0.15) is 0 Å². The molecule has 0 aliphatic carbocycles. The van der Waals surface area contributed by atoms with E-state index >= 15 is 0 Å². The van der Waals surface area contributed by atoms with Gasteiger partial charge in [0, 0.05) is 12.0 Å². The number of rotatable bonds is 9. The van der Waals surface area contributed by atoms with E-state index in [-0.39, 0.29) is 29.5 Å². The van der Waals surface area contributed by atoms with Gasteiger partial charge in [-0.1, -0.05) is 51.5 Å². The summed E-state index contributed by atoms with van der Waals surface area (Å²) in [5, 5.41) is 2.72. The van der Waals surface area contributed by atoms with Crippen LogP contribution in [0.5, 0.6) is 0 Å². The summed E-state index contributed by atoms with van der Waals surface area (Å²) in [4.78, 5) is 28.4. The Kier molecular flexibility index (Phi) is 7.44. The zero-order valence-electron chi connectivity index (χ0n) is 17.0. The minimum absolute atomic E-state index is 0.0400. The van der Waals surface area contributed by atoms with Gasteiger partial charge in [0.1, 0.15) is 5.82 Å². The fourth-order valence-electron chi connectivity index (χ4n) is 2.78. The number of Topliss-reactive ketones (excluding diaryl/α,β-unsaturated/α-hetero) is 1. The van der Waals surface area contributed by atoms with Crippen molar-refractivity contribution in [2.45, 2.75) is 47.0 Å². The highest BCUT2D eigenvalue weighted by Crippen LogP contribution is 2.24. The van der Waals surface area contributed by atoms with Crippen LogP contribution in [0, 0.1) is 17.2 Å². The van der Waals surface area contributed by atoms with E-state index in [2.05, 4.69) is 31.1 Å². The first-order chi connectivity index (χ1) is 13.2. The topological polar surface area (TPSA) is 59.1 Å². The van der Waals surface area contributed by atoms with Gasteiger partial charge in [0.25, 0.3) is 0 Å². The summed E-state index contributed by atoms with van der Waals surface area (Å²) in [6.45, 7) is 7.99. The van der Waals surface area contributed by atoms with Crippen LogP contribution in [0.25, 0.3) is 11.3 Å². The molecule has 2 aromatic rings. The highest BCUT2D eigenvalue weighted by molar-refractivity contribution is 5.93. The third-order valence-corrected chi connectivity index (χ3v) is 4.91. The Hall–Kier alpha value is -2.56. The van der Waals surface area contributed by atoms with Crippen molar-refractivity contribution in [1.29, 1.82) is 0 Å². The maximum Gasteiger partial charge on any atom is 0.227 e. The molecular weight excluding hydrogens is 355 g/mol. The molecule has 1 N–H and O–H groups in total. The number of ketones is 1. The zero-order chi connectivity index (χ0) is 20.7. The monoisotopic (exact) mass is 383 g/mol. The quantitative estimate of drug-likeness (QED) is 0.692. The molecule has 0 aliphatic rings. The molecule has 1 aromatic heterocycles. The molecule has 1 heterocycles. The minimum Gasteiger partial charge on any atom is -0.349 e. The fraction of sp³-hybridized carbons (Fsp3) is 0.391. The first kappa shape index (κ1) is 21.7. The normalized spacial score (nSPS) is 11.5. The Labute approximate surface area is 166 Å². The summed E-state index contributed by atoms with van der Waals surface area (Å²) < 4.78 is 13.0. The van der Waals surface area contributed by atoms with E-state index in [1.165, 1.54) is 12.3 Å². The number of carbonyl (C=O) groups is 2. The number of aromatic nitrogens is 1. The minimum atomic E-state index is -0.367. The smallest absolute Gasteiger partial charge is 0.227 e. The third-order valence-electron chi connectivity index (χ3n) is 4.91. The van der Waals surface area contributed by atoms with E-state index in [1.807, 2.05) is 24.3 Å². The van der Waals surface area contributed by atoms with Crippen LogP contribution >= 0.6 is 0 Å². The summed E-state index contributed by atoms with van der Waals surface area (Å²) in [5.41, 5.74) is 2.52. The van der Waals surface area contributed by atoms with Crippen LogP contribution in [0.4, 0.5) is 4.39 Å². The number of carbonyl (C=O) groups excluding carboxylic acids is 2. The molecule has 149 valence electrons. The number of amides is 1. The predicted octanol–water partition coefficient (Wildman–Crippen LogP) is 4.54. The molecule has 28 heavy (non-hydrogen) atoms. The predicted molar refractivity (Wildman–Crippen MR) is 109 cm³/mol. The molecule has 1 aromatic carbocycles. The van der Waals surface area contributed by atoms with Crippen LogP contribution < -0.4 is 5.32 Å². The van der Waals surface area contributed by atoms with Crippen molar-refractivity contribution < 1.29 is 14.0 Å². The second-order valence-corrected chi connectivity index (χ2v) is 7.93. The summed E-state index contributed by atoms with van der Waals surface area (Å²) in [5.74, 6) is 0.125. The van der Waals surface area contributed by atoms with Crippen molar-refractivity contribution in [3.63, 3.8) is 0 Å². The lowest BCUT2D eigenvalue weighted by Gasteiger charge is -2.21. The van der Waals surface area contributed by atoms with Crippen LogP contribution in [0.3, 0.4) is 0 Å². The zero-order valence-corrected chi connectivity index (χ0v) is 17.0. The largest absolute Gasteiger partial charge is 0.349 e. The highest BCUT2D eigenvalue weighted by atomic mass is 19.1. The molecule has 2 rings (SSSR count). The molecule has 0 saturated carbocycles. The van der Waals surface area contributed by atoms with Crippen LogP contribution in [0.1, 0.15) is 46.1 Å². The second kappa shape index (κ2) is 9.58. The Morgan fingerprint density at radius 2 is 1.79 bits per heavy atom. The molecule has 0 saturated heterocycles. The number of hydrogen-bond donors (Lipinski definition) is 1. The molecule has 0 spiro atoms. The first-order valence-electron chi connectivity index (χ1n) is 9.53. The first-order valence-corrected chi connectivity index (χ1v) is 9.53. The molecular formula is C23H28FN2O2. The van der Waals surface area contributed by atoms with Crippen molar-refractivity contribution in [1.82, 2.24) is 10.3 Å². The van der Waals surface area contributed by atoms with E-state index < -0.39 is 0 Å². The molecule has 5 heteroatoms. The van der Waals surface area contributed by atoms with Gasteiger partial charge in [0.05, 0.1) is 24.4 Å². The standard InChI is InChI=1S/C23H28FN2O2/c1-5-23(3,4)13-20(27)15-26-22(28)16(2)12-17-6-8-18(9-7-17)21-11-10-19(24)14-25-21/h6-11,14H,5,12-13,15H2,1-4H3,(H,26,28). The number of benzene rings is 1. The van der Waals surface area contributed by atoms with E-state index in [0.717, 1.165) is 17.5 Å². The van der Waals surface area contributed by atoms with Crippen LogP contribution in [0.2, 0.25) is 0 Å². The number of halogens is 1. The van der Waals surface area contributed by atoms with Crippen LogP contribution in [-0.2, 0) is 16.0 Å². The van der Waals surface area contributed by atoms with E-state index in [9.17, 15) is 14.0 Å². The molecule has 0 fully saturated rings. The Morgan fingerprint density at radius 3 is 2.36 bits per heavy atom. The lowest BCUT2D eigenvalue weighted by atomic mass is 9.85. The molecule has 0 aliphatic heterocycles. The number of pyridine rings is 1. The summed E-state index contributed by atoms with van der Waals surface area (Å²) >= 11 is 0. The van der Waals surface area contributed by atoms with Crippen molar-refractivity contribution in [2.75, 3.05) is 6.54 Å². The van der Waals surface area contributed by atoms with E-state index in [0.29, 0.717) is 24.5 Å². The number of nitrogens with one attached hydrogen (secondary N) is 1. The molecule has 1 amide bonds. The summed E-state index contributed by atoms with van der Waals surface area (Å²) in [6, 6.07) is 10.7. The third kappa shape index (κ3) is 6.55. The number of nitrogens with zero attached hydrogens (tertiary/aromatic N) is 1. The highest BCUT2D eigenvalue weighted by Gasteiger charge is 2.21. The lowest BCUT2D eigenvalue weighted by molar-refractivity contribution is -0.125. The molecule has 1 radical (unpaired) electrons. The maximum absolute atomic E-state index is 13.0. The van der Waals surface area contributed by atoms with Gasteiger partial charge >= 0.3 is 0 Å². The molecule has 4 nitrogen and oxygen atoms in total. The SMILES string of the molecule is CCC(C)(C)CC(=O)CNC(=O)[C](C)Cc1ccc(-c2ccc(F)cn2)cc1. The lowest BCUT2D eigenvalue weighted by Crippen LogP contribution is -2.34. The van der Waals surface area contributed by atoms with Gasteiger partial charge in [0.15, 0.2) is 5.78 Å². The van der Waals surface area contributed by atoms with Gasteiger partial charge in [0.2, 0.25) is 5.91 Å². The van der Waals surface area contributed by atoms with Gasteiger partial charge < -0.3 is 5.32 Å². The fourth-order valence-corrected chi connectivity index (χ4v) is 2.78. The van der Waals surface area contributed by atoms with Gasteiger partial charge in [-0.15, -0.1) is 0 Å². The summed E-state index contributed by atoms with van der Waals surface area (Å²) in [7, 11) is 0. The van der Waals surface area contributed by atoms with E-state index in [4.69, 9.17) is 0 Å². The Bertz CT molecular complexity index is 798. The van der Waals surface area contributed by atoms with Crippen molar-refractivity contribution in [2.24, 2.45) is 5.41 Å². The van der Waals surface area contributed by atoms with Crippen molar-refractivity contribution in [3.05, 3.63) is 59.9 Å². The maximum atomic E-state index is 13.0. The molecule has 0 unspecified atom stereocenters. The molecule has 0 atom stereocenters. The van der Waals surface area contributed by atoms with Crippen molar-refractivity contribution in [3.8, 4) is 11.3 Å². The number of hydrogen-bond acceptors (Lipinski definition) is 3. The Morgan fingerprint density at radius 1 is 1.11 bits per heavy atom. The average Bonchev–Trinajstić information content (AvgIpc) is 2.67. The average molecular weight is 383 g/mol. The van der Waals surface area contributed by atoms with E-state index in [1.54, 1.807) is 13.0 Å². The van der Waals surface area contributed by atoms with Gasteiger partial charge in [-0.3, -0.25) is 14.6 Å². The van der Waals surface area contributed by atoms with Crippen LogP contribution in [-0.4, -0.2) is 23.2 Å². The van der Waals surface area contributed by atoms with Gasteiger partial charge in [-0.05, 0) is 36.5 Å². The van der Waals surface area contributed by atoms with Crippen molar-refractivity contribution >= 4 is 11.7 Å². The van der Waals surface area contributed by atoms with Crippen LogP contribution in [0.15, 0.2) is 42.6 Å². The summed E-state index contributed by atoms with van der Waals surface area (Å²) in [6.07, 6.45) is 3.06. The molecule has 0 bridgehead atoms. The van der Waals surface area contributed by atoms with Gasteiger partial charge in [-0.25, -0.2) is 4.39 Å². The second-order valence-electron chi connectivity index (χ2n) is 7.93. The Balaban J connectivity index is 1.86.